The maximum Gasteiger partial charge on any atom is 0.0594 e. The van der Waals surface area contributed by atoms with Gasteiger partial charge in [-0.25, -0.2) is 0 Å². The second-order valence-corrected chi connectivity index (χ2v) is 4.75. The van der Waals surface area contributed by atoms with Gasteiger partial charge in [0.15, 0.2) is 0 Å². The van der Waals surface area contributed by atoms with Gasteiger partial charge >= 0.3 is 0 Å². The van der Waals surface area contributed by atoms with Gasteiger partial charge in [0.25, 0.3) is 0 Å². The first-order valence-corrected chi connectivity index (χ1v) is 6.68. The van der Waals surface area contributed by atoms with Gasteiger partial charge in [-0.2, -0.15) is 0 Å². The summed E-state index contributed by atoms with van der Waals surface area (Å²) in [5.41, 5.74) is 0. The smallest absolute Gasteiger partial charge is 0.0594 e. The Morgan fingerprint density at radius 1 is 0.812 bits per heavy atom. The van der Waals surface area contributed by atoms with Gasteiger partial charge in [-0.3, -0.25) is 4.90 Å². The molecule has 2 fully saturated rings. The molecular formula is C12H25N3O. The average molecular weight is 227 g/mol. The summed E-state index contributed by atoms with van der Waals surface area (Å²) in [7, 11) is 0. The second kappa shape index (κ2) is 7.22. The molecule has 1 N–H and O–H groups in total. The van der Waals surface area contributed by atoms with Gasteiger partial charge in [-0.15, -0.1) is 0 Å². The van der Waals surface area contributed by atoms with Crippen LogP contribution < -0.4 is 5.32 Å². The number of nitrogens with zero attached hydrogens (tertiary/aromatic N) is 2. The standard InChI is InChI=1S/C12H25N3O/c1-2-6-14(5-1)7-3-13-4-8-15-9-11-16-12-10-15/h13H,1-12H2. The van der Waals surface area contributed by atoms with Crippen molar-refractivity contribution in [3.8, 4) is 0 Å². The van der Waals surface area contributed by atoms with Crippen molar-refractivity contribution in [2.75, 3.05) is 65.6 Å². The van der Waals surface area contributed by atoms with E-state index in [1.54, 1.807) is 0 Å². The van der Waals surface area contributed by atoms with E-state index in [1.807, 2.05) is 0 Å². The molecule has 0 aliphatic carbocycles. The minimum atomic E-state index is 0.910. The summed E-state index contributed by atoms with van der Waals surface area (Å²) in [6, 6.07) is 0. The first-order chi connectivity index (χ1) is 7.95. The minimum absolute atomic E-state index is 0.910. The highest BCUT2D eigenvalue weighted by atomic mass is 16.5. The van der Waals surface area contributed by atoms with Crippen LogP contribution in [-0.2, 0) is 4.74 Å². The molecule has 0 saturated carbocycles. The molecule has 94 valence electrons. The van der Waals surface area contributed by atoms with Crippen LogP contribution in [0.5, 0.6) is 0 Å². The third-order valence-electron chi connectivity index (χ3n) is 3.51. The van der Waals surface area contributed by atoms with Gasteiger partial charge in [0.05, 0.1) is 13.2 Å². The molecule has 16 heavy (non-hydrogen) atoms. The van der Waals surface area contributed by atoms with Crippen LogP contribution >= 0.6 is 0 Å². The number of likely N-dealkylation sites (tertiary alicyclic amines) is 1. The minimum Gasteiger partial charge on any atom is -0.379 e. The van der Waals surface area contributed by atoms with Crippen LogP contribution in [0, 0.1) is 0 Å². The SMILES string of the molecule is C1CCN(CCNCCN2CCOCC2)C1. The largest absolute Gasteiger partial charge is 0.379 e. The van der Waals surface area contributed by atoms with Gasteiger partial charge in [-0.05, 0) is 25.9 Å². The molecule has 0 bridgehead atoms. The maximum absolute atomic E-state index is 5.33. The molecule has 0 aromatic rings. The number of morpholine rings is 1. The van der Waals surface area contributed by atoms with E-state index >= 15 is 0 Å². The Labute approximate surface area is 98.9 Å². The van der Waals surface area contributed by atoms with Crippen LogP contribution in [0.1, 0.15) is 12.8 Å². The van der Waals surface area contributed by atoms with Crippen LogP contribution in [0.3, 0.4) is 0 Å². The van der Waals surface area contributed by atoms with E-state index in [0.717, 1.165) is 39.4 Å². The highest BCUT2D eigenvalue weighted by Gasteiger charge is 2.11. The van der Waals surface area contributed by atoms with Crippen molar-refractivity contribution < 1.29 is 4.74 Å². The summed E-state index contributed by atoms with van der Waals surface area (Å²) in [5.74, 6) is 0. The Bertz CT molecular complexity index is 177. The molecule has 2 aliphatic rings. The molecule has 2 saturated heterocycles. The monoisotopic (exact) mass is 227 g/mol. The molecule has 0 aromatic heterocycles. The highest BCUT2D eigenvalue weighted by molar-refractivity contribution is 4.68. The Balaban J connectivity index is 1.42. The van der Waals surface area contributed by atoms with E-state index < -0.39 is 0 Å². The fourth-order valence-electron chi connectivity index (χ4n) is 2.43. The molecule has 0 radical (unpaired) electrons. The molecule has 0 atom stereocenters. The predicted octanol–water partition coefficient (Wildman–Crippen LogP) is 0.00400. The summed E-state index contributed by atoms with van der Waals surface area (Å²) in [6.07, 6.45) is 2.79. The summed E-state index contributed by atoms with van der Waals surface area (Å²) in [5, 5.41) is 3.54. The fraction of sp³-hybridized carbons (Fsp3) is 1.00. The molecule has 0 aromatic carbocycles. The molecule has 2 rings (SSSR count). The van der Waals surface area contributed by atoms with E-state index in [9.17, 15) is 0 Å². The number of hydrogen-bond donors (Lipinski definition) is 1. The van der Waals surface area contributed by atoms with Crippen molar-refractivity contribution in [3.63, 3.8) is 0 Å². The lowest BCUT2D eigenvalue weighted by Gasteiger charge is -2.26. The zero-order valence-corrected chi connectivity index (χ0v) is 10.3. The Morgan fingerprint density at radius 2 is 1.38 bits per heavy atom. The molecular weight excluding hydrogens is 202 g/mol. The number of nitrogens with one attached hydrogen (secondary N) is 1. The van der Waals surface area contributed by atoms with E-state index in [-0.39, 0.29) is 0 Å². The lowest BCUT2D eigenvalue weighted by atomic mass is 10.4. The van der Waals surface area contributed by atoms with Crippen molar-refractivity contribution >= 4 is 0 Å². The zero-order valence-electron chi connectivity index (χ0n) is 10.3. The van der Waals surface area contributed by atoms with Crippen LogP contribution in [0.4, 0.5) is 0 Å². The lowest BCUT2D eigenvalue weighted by molar-refractivity contribution is 0.0384. The van der Waals surface area contributed by atoms with Crippen molar-refractivity contribution in [2.45, 2.75) is 12.8 Å². The third kappa shape index (κ3) is 4.37. The first-order valence-electron chi connectivity index (χ1n) is 6.68. The van der Waals surface area contributed by atoms with E-state index in [1.165, 1.54) is 39.0 Å². The van der Waals surface area contributed by atoms with E-state index in [4.69, 9.17) is 4.74 Å². The molecule has 0 spiro atoms. The van der Waals surface area contributed by atoms with Crippen LogP contribution in [0.25, 0.3) is 0 Å². The Morgan fingerprint density at radius 3 is 2.00 bits per heavy atom. The third-order valence-corrected chi connectivity index (χ3v) is 3.51. The molecule has 4 nitrogen and oxygen atoms in total. The topological polar surface area (TPSA) is 27.7 Å². The molecule has 4 heteroatoms. The molecule has 0 unspecified atom stereocenters. The predicted molar refractivity (Wildman–Crippen MR) is 65.8 cm³/mol. The number of rotatable bonds is 6. The average Bonchev–Trinajstić information content (AvgIpc) is 2.83. The maximum atomic E-state index is 5.33. The van der Waals surface area contributed by atoms with Crippen LogP contribution in [0.15, 0.2) is 0 Å². The lowest BCUT2D eigenvalue weighted by Crippen LogP contribution is -2.41. The van der Waals surface area contributed by atoms with E-state index in [2.05, 4.69) is 15.1 Å². The van der Waals surface area contributed by atoms with Crippen molar-refractivity contribution in [1.29, 1.82) is 0 Å². The van der Waals surface area contributed by atoms with Crippen LogP contribution in [0.2, 0.25) is 0 Å². The molecule has 2 heterocycles. The first kappa shape index (κ1) is 12.3. The van der Waals surface area contributed by atoms with E-state index in [0.29, 0.717) is 0 Å². The van der Waals surface area contributed by atoms with Crippen molar-refractivity contribution in [3.05, 3.63) is 0 Å². The van der Waals surface area contributed by atoms with Crippen molar-refractivity contribution in [1.82, 2.24) is 15.1 Å². The quantitative estimate of drug-likeness (QED) is 0.647. The fourth-order valence-corrected chi connectivity index (χ4v) is 2.43. The summed E-state index contributed by atoms with van der Waals surface area (Å²) < 4.78 is 5.33. The zero-order chi connectivity index (χ0) is 11.1. The summed E-state index contributed by atoms with van der Waals surface area (Å²) >= 11 is 0. The molecule has 0 amide bonds. The number of ether oxygens (including phenoxy) is 1. The van der Waals surface area contributed by atoms with Gasteiger partial charge in [0, 0.05) is 39.3 Å². The van der Waals surface area contributed by atoms with Crippen LogP contribution in [-0.4, -0.2) is 75.4 Å². The van der Waals surface area contributed by atoms with Gasteiger partial charge in [-0.1, -0.05) is 0 Å². The van der Waals surface area contributed by atoms with Crippen molar-refractivity contribution in [2.24, 2.45) is 0 Å². The Hall–Kier alpha value is -0.160. The molecule has 2 aliphatic heterocycles. The summed E-state index contributed by atoms with van der Waals surface area (Å²) in [6.45, 7) is 11.3. The summed E-state index contributed by atoms with van der Waals surface area (Å²) in [4.78, 5) is 5.04. The second-order valence-electron chi connectivity index (χ2n) is 4.75. The highest BCUT2D eigenvalue weighted by Crippen LogP contribution is 2.05. The number of hydrogen-bond acceptors (Lipinski definition) is 4. The Kier molecular flexibility index (Phi) is 5.55. The normalized spacial score (nSPS) is 24.0. The van der Waals surface area contributed by atoms with Gasteiger partial charge < -0.3 is 15.0 Å². The van der Waals surface area contributed by atoms with Gasteiger partial charge in [0.2, 0.25) is 0 Å². The van der Waals surface area contributed by atoms with Gasteiger partial charge in [0.1, 0.15) is 0 Å².